The molecule has 0 unspecified atom stereocenters. The summed E-state index contributed by atoms with van der Waals surface area (Å²) in [7, 11) is 2.19. The summed E-state index contributed by atoms with van der Waals surface area (Å²) in [4.78, 5) is 15.9. The number of Topliss-reactive ketones (excluding diaryl/α,β-unsaturated/α-hetero) is 1. The summed E-state index contributed by atoms with van der Waals surface area (Å²) in [5.41, 5.74) is 4.43. The van der Waals surface area contributed by atoms with Gasteiger partial charge in [-0.3, -0.25) is 4.79 Å². The predicted octanol–water partition coefficient (Wildman–Crippen LogP) is 7.79. The Morgan fingerprint density at radius 3 is 2.46 bits per heavy atom. The van der Waals surface area contributed by atoms with Gasteiger partial charge in [0, 0.05) is 41.6 Å². The highest BCUT2D eigenvalue weighted by Gasteiger charge is 2.61. The Balaban J connectivity index is 1.39. The molecule has 1 aliphatic heterocycles. The van der Waals surface area contributed by atoms with Crippen molar-refractivity contribution < 1.29 is 4.79 Å². The van der Waals surface area contributed by atoms with Gasteiger partial charge in [-0.05, 0) is 99.7 Å². The standard InChI is InChI=1S/C31H43NOS2/c1-19(2)32(5)23-9-6-21(7-10-23)26-18-30(4)27(16-20(3)29(30)33)25-11-8-22-17-31(34-14-15-35-31)13-12-24(22)28(25)26/h6-7,9-10,17,19-20,24-28H,8,11-16,18H2,1-5H3/t20-,24+,25+,26-,27+,28-,30+/m1/s1. The zero-order valence-electron chi connectivity index (χ0n) is 22.3. The van der Waals surface area contributed by atoms with Crippen molar-refractivity contribution in [2.24, 2.45) is 35.0 Å². The Bertz CT molecular complexity index is 1010. The topological polar surface area (TPSA) is 20.3 Å². The van der Waals surface area contributed by atoms with E-state index in [1.807, 2.05) is 0 Å². The maximum absolute atomic E-state index is 13.6. The Morgan fingerprint density at radius 2 is 1.77 bits per heavy atom. The molecule has 0 radical (unpaired) electrons. The quantitative estimate of drug-likeness (QED) is 0.387. The molecule has 0 N–H and O–H groups in total. The second kappa shape index (κ2) is 8.86. The summed E-state index contributed by atoms with van der Waals surface area (Å²) in [5, 5.41) is 0. The van der Waals surface area contributed by atoms with E-state index in [-0.39, 0.29) is 11.3 Å². The number of allylic oxidation sites excluding steroid dienone is 1. The monoisotopic (exact) mass is 509 g/mol. The molecule has 4 aliphatic carbocycles. The van der Waals surface area contributed by atoms with Crippen molar-refractivity contribution >= 4 is 35.0 Å². The van der Waals surface area contributed by atoms with E-state index in [4.69, 9.17) is 0 Å². The molecule has 6 rings (SSSR count). The number of benzene rings is 1. The first kappa shape index (κ1) is 24.5. The summed E-state index contributed by atoms with van der Waals surface area (Å²) < 4.78 is 0.373. The van der Waals surface area contributed by atoms with Crippen LogP contribution in [0.2, 0.25) is 0 Å². The molecule has 190 valence electrons. The average molecular weight is 510 g/mol. The van der Waals surface area contributed by atoms with E-state index in [0.717, 1.165) is 18.8 Å². The molecular formula is C31H43NOS2. The second-order valence-corrected chi connectivity index (χ2v) is 15.9. The lowest BCUT2D eigenvalue weighted by atomic mass is 9.48. The number of fused-ring (bicyclic) bond motifs is 5. The van der Waals surface area contributed by atoms with Crippen LogP contribution in [-0.2, 0) is 4.79 Å². The molecule has 1 heterocycles. The van der Waals surface area contributed by atoms with Gasteiger partial charge in [0.05, 0.1) is 4.08 Å². The first-order chi connectivity index (χ1) is 16.7. The van der Waals surface area contributed by atoms with Crippen molar-refractivity contribution in [2.45, 2.75) is 82.3 Å². The number of hydrogen-bond acceptors (Lipinski definition) is 4. The van der Waals surface area contributed by atoms with Crippen LogP contribution in [0.15, 0.2) is 35.9 Å². The lowest BCUT2D eigenvalue weighted by Gasteiger charge is -2.56. The maximum Gasteiger partial charge on any atom is 0.141 e. The first-order valence-corrected chi connectivity index (χ1v) is 16.1. The fourth-order valence-corrected chi connectivity index (χ4v) is 12.0. The molecule has 1 aromatic rings. The van der Waals surface area contributed by atoms with Gasteiger partial charge in [-0.15, -0.1) is 23.5 Å². The van der Waals surface area contributed by atoms with E-state index in [0.29, 0.717) is 39.6 Å². The van der Waals surface area contributed by atoms with E-state index in [9.17, 15) is 4.79 Å². The molecule has 1 aromatic carbocycles. The summed E-state index contributed by atoms with van der Waals surface area (Å²) in [6.07, 6.45) is 10.2. The van der Waals surface area contributed by atoms with Gasteiger partial charge in [0.25, 0.3) is 0 Å². The van der Waals surface area contributed by atoms with Gasteiger partial charge in [-0.25, -0.2) is 0 Å². The first-order valence-electron chi connectivity index (χ1n) is 14.1. The van der Waals surface area contributed by atoms with Gasteiger partial charge in [0.15, 0.2) is 0 Å². The van der Waals surface area contributed by atoms with Gasteiger partial charge in [-0.2, -0.15) is 0 Å². The highest BCUT2D eigenvalue weighted by atomic mass is 32.2. The largest absolute Gasteiger partial charge is 0.372 e. The molecular weight excluding hydrogens is 466 g/mol. The number of carbonyl (C=O) groups excluding carboxylic acids is 1. The summed E-state index contributed by atoms with van der Waals surface area (Å²) >= 11 is 4.41. The number of nitrogens with zero attached hydrogens (tertiary/aromatic N) is 1. The minimum absolute atomic E-state index is 0.132. The van der Waals surface area contributed by atoms with Crippen LogP contribution in [0.4, 0.5) is 5.69 Å². The number of hydrogen-bond donors (Lipinski definition) is 0. The summed E-state index contributed by atoms with van der Waals surface area (Å²) in [6.45, 7) is 9.06. The minimum Gasteiger partial charge on any atom is -0.372 e. The minimum atomic E-state index is -0.132. The van der Waals surface area contributed by atoms with E-state index < -0.39 is 0 Å². The molecule has 35 heavy (non-hydrogen) atoms. The lowest BCUT2D eigenvalue weighted by molar-refractivity contribution is -0.134. The molecule has 0 aromatic heterocycles. The Hall–Kier alpha value is -0.870. The lowest BCUT2D eigenvalue weighted by Crippen LogP contribution is -2.50. The number of rotatable bonds is 3. The number of carbonyl (C=O) groups is 1. The number of thioether (sulfide) groups is 2. The Kier molecular flexibility index (Phi) is 6.19. The molecule has 2 nitrogen and oxygen atoms in total. The normalized spacial score (nSPS) is 39.8. The predicted molar refractivity (Wildman–Crippen MR) is 152 cm³/mol. The van der Waals surface area contributed by atoms with E-state index in [1.54, 1.807) is 5.57 Å². The highest BCUT2D eigenvalue weighted by Crippen LogP contribution is 2.67. The fraction of sp³-hybridized carbons (Fsp3) is 0.710. The zero-order valence-corrected chi connectivity index (χ0v) is 23.9. The van der Waals surface area contributed by atoms with Crippen LogP contribution in [0.25, 0.3) is 0 Å². The molecule has 0 amide bonds. The van der Waals surface area contributed by atoms with Crippen LogP contribution in [0.5, 0.6) is 0 Å². The van der Waals surface area contributed by atoms with Crippen molar-refractivity contribution in [1.82, 2.24) is 0 Å². The molecule has 4 fully saturated rings. The van der Waals surface area contributed by atoms with Gasteiger partial charge in [0.1, 0.15) is 5.78 Å². The van der Waals surface area contributed by atoms with Gasteiger partial charge >= 0.3 is 0 Å². The van der Waals surface area contributed by atoms with Crippen LogP contribution in [0, 0.1) is 35.0 Å². The van der Waals surface area contributed by atoms with Crippen LogP contribution in [0.1, 0.15) is 77.7 Å². The molecule has 1 spiro atoms. The highest BCUT2D eigenvalue weighted by molar-refractivity contribution is 8.21. The van der Waals surface area contributed by atoms with Gasteiger partial charge in [-0.1, -0.05) is 37.6 Å². The molecule has 7 atom stereocenters. The molecule has 5 aliphatic rings. The Labute approximate surface area is 221 Å². The van der Waals surface area contributed by atoms with Crippen molar-refractivity contribution in [2.75, 3.05) is 23.5 Å². The molecule has 1 saturated heterocycles. The molecule has 0 bridgehead atoms. The van der Waals surface area contributed by atoms with Crippen molar-refractivity contribution in [3.05, 3.63) is 41.5 Å². The van der Waals surface area contributed by atoms with Crippen LogP contribution in [-0.4, -0.2) is 34.5 Å². The molecule has 4 heteroatoms. The van der Waals surface area contributed by atoms with Crippen LogP contribution < -0.4 is 4.90 Å². The second-order valence-electron chi connectivity index (χ2n) is 12.8. The third kappa shape index (κ3) is 3.87. The van der Waals surface area contributed by atoms with E-state index in [2.05, 4.69) is 93.5 Å². The third-order valence-electron chi connectivity index (χ3n) is 10.8. The van der Waals surface area contributed by atoms with Crippen molar-refractivity contribution in [3.63, 3.8) is 0 Å². The number of ketones is 1. The number of anilines is 1. The van der Waals surface area contributed by atoms with Gasteiger partial charge < -0.3 is 4.90 Å². The zero-order chi connectivity index (χ0) is 24.5. The fourth-order valence-electron chi connectivity index (χ4n) is 8.85. The summed E-state index contributed by atoms with van der Waals surface area (Å²) in [6, 6.07) is 9.98. The summed E-state index contributed by atoms with van der Waals surface area (Å²) in [5.74, 6) is 6.63. The smallest absolute Gasteiger partial charge is 0.141 e. The van der Waals surface area contributed by atoms with Crippen LogP contribution in [0.3, 0.4) is 0 Å². The average Bonchev–Trinajstić information content (AvgIpc) is 3.40. The van der Waals surface area contributed by atoms with E-state index in [1.165, 1.54) is 48.4 Å². The van der Waals surface area contributed by atoms with E-state index >= 15 is 0 Å². The van der Waals surface area contributed by atoms with Crippen LogP contribution >= 0.6 is 23.5 Å². The van der Waals surface area contributed by atoms with Crippen molar-refractivity contribution in [1.29, 1.82) is 0 Å². The molecule has 3 saturated carbocycles. The third-order valence-corrected chi connectivity index (χ3v) is 14.2. The van der Waals surface area contributed by atoms with Gasteiger partial charge in [0.2, 0.25) is 0 Å². The SMILES string of the molecule is CC(C)N(C)c1ccc([C@H]2C[C@]3(C)C(=O)[C@H](C)C[C@H]3[C@@H]3CCC4=CC5(CC[C@@H]4[C@H]32)SCCS5)cc1. The van der Waals surface area contributed by atoms with Crippen molar-refractivity contribution in [3.8, 4) is 0 Å². The maximum atomic E-state index is 13.6. The Morgan fingerprint density at radius 1 is 1.06 bits per heavy atom.